The van der Waals surface area contributed by atoms with Gasteiger partial charge in [-0.3, -0.25) is 0 Å². The molecule has 4 aliphatic carbocycles. The van der Waals surface area contributed by atoms with E-state index in [0.717, 1.165) is 23.1 Å². The monoisotopic (exact) mass is 269 g/mol. The van der Waals surface area contributed by atoms with E-state index in [4.69, 9.17) is 0 Å². The summed E-state index contributed by atoms with van der Waals surface area (Å²) in [4.78, 5) is 3.21. The highest BCUT2D eigenvalue weighted by Crippen LogP contribution is 2.61. The van der Waals surface area contributed by atoms with Crippen LogP contribution in [0.25, 0.3) is 10.9 Å². The predicted octanol–water partition coefficient (Wildman–Crippen LogP) is 4.77. The van der Waals surface area contributed by atoms with Gasteiger partial charge in [0.25, 0.3) is 0 Å². The number of hydrogen-bond acceptors (Lipinski definition) is 0. The van der Waals surface area contributed by atoms with Crippen molar-refractivity contribution in [1.82, 2.24) is 4.98 Å². The number of hydrogen-bond donors (Lipinski definition) is 1. The second kappa shape index (κ2) is 3.66. The molecule has 1 aromatic heterocycles. The smallest absolute Gasteiger partial charge is 0.147 e. The van der Waals surface area contributed by atoms with Gasteiger partial charge < -0.3 is 4.98 Å². The molecule has 4 aliphatic rings. The molecule has 20 heavy (non-hydrogen) atoms. The number of para-hydroxylation sites is 1. The van der Waals surface area contributed by atoms with Gasteiger partial charge in [0.2, 0.25) is 0 Å². The molecule has 104 valence electrons. The standard InChI is InChI=1S/C18H20FN/c19-16-3-1-2-14-15(10-20-17(14)16)18-7-11-4-12(8-18)6-13(5-11)9-18/h1-3,10-13,20H,4-9H2. The average molecular weight is 269 g/mol. The normalized spacial score (nSPS) is 38.8. The highest BCUT2D eigenvalue weighted by Gasteiger charge is 2.52. The van der Waals surface area contributed by atoms with Crippen molar-refractivity contribution in [2.24, 2.45) is 17.8 Å². The lowest BCUT2D eigenvalue weighted by Crippen LogP contribution is -2.48. The van der Waals surface area contributed by atoms with Gasteiger partial charge in [-0.2, -0.15) is 0 Å². The number of aromatic amines is 1. The van der Waals surface area contributed by atoms with Crippen LogP contribution in [0.5, 0.6) is 0 Å². The van der Waals surface area contributed by atoms with Crippen LogP contribution in [0.1, 0.15) is 44.1 Å². The summed E-state index contributed by atoms with van der Waals surface area (Å²) in [6.45, 7) is 0. The molecular weight excluding hydrogens is 249 g/mol. The number of H-pyrrole nitrogens is 1. The molecule has 1 heterocycles. The Morgan fingerprint density at radius 1 is 1.00 bits per heavy atom. The van der Waals surface area contributed by atoms with E-state index in [1.54, 1.807) is 6.07 Å². The fraction of sp³-hybridized carbons (Fsp3) is 0.556. The maximum atomic E-state index is 13.9. The summed E-state index contributed by atoms with van der Waals surface area (Å²) in [5, 5.41) is 1.13. The van der Waals surface area contributed by atoms with Crippen LogP contribution >= 0.6 is 0 Å². The maximum absolute atomic E-state index is 13.9. The molecule has 4 fully saturated rings. The Hall–Kier alpha value is -1.31. The SMILES string of the molecule is Fc1cccc2c(C34CC5CC(CC(C5)C3)C4)c[nH]c12. The molecule has 0 radical (unpaired) electrons. The van der Waals surface area contributed by atoms with Crippen LogP contribution in [0.15, 0.2) is 24.4 Å². The van der Waals surface area contributed by atoms with Crippen molar-refractivity contribution in [1.29, 1.82) is 0 Å². The van der Waals surface area contributed by atoms with Crippen molar-refractivity contribution in [3.63, 3.8) is 0 Å². The Morgan fingerprint density at radius 3 is 2.30 bits per heavy atom. The molecule has 0 saturated heterocycles. The van der Waals surface area contributed by atoms with Crippen LogP contribution in [0, 0.1) is 23.6 Å². The molecule has 2 heteroatoms. The van der Waals surface area contributed by atoms with E-state index in [2.05, 4.69) is 17.2 Å². The molecule has 0 aliphatic heterocycles. The third-order valence-corrected chi connectivity index (χ3v) is 6.27. The third-order valence-electron chi connectivity index (χ3n) is 6.27. The quantitative estimate of drug-likeness (QED) is 0.767. The highest BCUT2D eigenvalue weighted by atomic mass is 19.1. The number of benzene rings is 1. The first-order valence-corrected chi connectivity index (χ1v) is 8.00. The van der Waals surface area contributed by atoms with Gasteiger partial charge in [-0.15, -0.1) is 0 Å². The second-order valence-electron chi connectivity index (χ2n) is 7.56. The van der Waals surface area contributed by atoms with Crippen LogP contribution in [0.3, 0.4) is 0 Å². The van der Waals surface area contributed by atoms with Gasteiger partial charge in [-0.1, -0.05) is 12.1 Å². The van der Waals surface area contributed by atoms with Crippen molar-refractivity contribution < 1.29 is 4.39 Å². The first-order chi connectivity index (χ1) is 9.73. The summed E-state index contributed by atoms with van der Waals surface area (Å²) >= 11 is 0. The molecule has 1 aromatic carbocycles. The first-order valence-electron chi connectivity index (χ1n) is 8.00. The molecular formula is C18H20FN. The number of rotatable bonds is 1. The largest absolute Gasteiger partial charge is 0.358 e. The minimum Gasteiger partial charge on any atom is -0.358 e. The highest BCUT2D eigenvalue weighted by molar-refractivity contribution is 5.85. The number of halogens is 1. The predicted molar refractivity (Wildman–Crippen MR) is 78.1 cm³/mol. The summed E-state index contributed by atoms with van der Waals surface area (Å²) in [6, 6.07) is 5.51. The molecule has 2 aromatic rings. The molecule has 4 bridgehead atoms. The average Bonchev–Trinajstić information content (AvgIpc) is 2.83. The van der Waals surface area contributed by atoms with E-state index in [0.29, 0.717) is 10.9 Å². The Balaban J connectivity index is 1.70. The zero-order chi connectivity index (χ0) is 13.3. The van der Waals surface area contributed by atoms with E-state index in [9.17, 15) is 4.39 Å². The minimum absolute atomic E-state index is 0.113. The molecule has 6 rings (SSSR count). The topological polar surface area (TPSA) is 15.8 Å². The minimum atomic E-state index is -0.113. The first kappa shape index (κ1) is 11.4. The van der Waals surface area contributed by atoms with Gasteiger partial charge in [0, 0.05) is 11.6 Å². The summed E-state index contributed by atoms with van der Waals surface area (Å²) < 4.78 is 13.9. The number of nitrogens with one attached hydrogen (secondary N) is 1. The number of aromatic nitrogens is 1. The summed E-state index contributed by atoms with van der Waals surface area (Å²) in [5.74, 6) is 2.68. The Bertz CT molecular complexity index is 648. The molecule has 4 saturated carbocycles. The third kappa shape index (κ3) is 1.37. The maximum Gasteiger partial charge on any atom is 0.147 e. The van der Waals surface area contributed by atoms with Gasteiger partial charge in [-0.25, -0.2) is 4.39 Å². The lowest BCUT2D eigenvalue weighted by atomic mass is 9.48. The molecule has 0 amide bonds. The van der Waals surface area contributed by atoms with E-state index in [1.807, 2.05) is 6.07 Å². The van der Waals surface area contributed by atoms with Gasteiger partial charge in [0.15, 0.2) is 0 Å². The van der Waals surface area contributed by atoms with Crippen LogP contribution < -0.4 is 0 Å². The van der Waals surface area contributed by atoms with Gasteiger partial charge in [0.1, 0.15) is 5.82 Å². The van der Waals surface area contributed by atoms with Crippen LogP contribution in [0.4, 0.5) is 4.39 Å². The summed E-state index contributed by atoms with van der Waals surface area (Å²) in [7, 11) is 0. The summed E-state index contributed by atoms with van der Waals surface area (Å²) in [5.41, 5.74) is 2.46. The van der Waals surface area contributed by atoms with Gasteiger partial charge >= 0.3 is 0 Å². The Morgan fingerprint density at radius 2 is 1.65 bits per heavy atom. The lowest BCUT2D eigenvalue weighted by Gasteiger charge is -2.57. The van der Waals surface area contributed by atoms with E-state index >= 15 is 0 Å². The van der Waals surface area contributed by atoms with Crippen molar-refractivity contribution in [2.45, 2.75) is 43.9 Å². The Kier molecular flexibility index (Phi) is 2.08. The van der Waals surface area contributed by atoms with E-state index in [1.165, 1.54) is 44.1 Å². The molecule has 0 spiro atoms. The zero-order valence-corrected chi connectivity index (χ0v) is 11.7. The Labute approximate surface area is 118 Å². The lowest BCUT2D eigenvalue weighted by molar-refractivity contribution is -0.00449. The number of fused-ring (bicyclic) bond motifs is 1. The van der Waals surface area contributed by atoms with Crippen molar-refractivity contribution >= 4 is 10.9 Å². The molecule has 0 unspecified atom stereocenters. The zero-order valence-electron chi connectivity index (χ0n) is 11.7. The van der Waals surface area contributed by atoms with E-state index in [-0.39, 0.29) is 5.82 Å². The van der Waals surface area contributed by atoms with E-state index < -0.39 is 0 Å². The fourth-order valence-electron chi connectivity index (χ4n) is 6.00. The van der Waals surface area contributed by atoms with Crippen LogP contribution in [-0.4, -0.2) is 4.98 Å². The van der Waals surface area contributed by atoms with Crippen LogP contribution in [-0.2, 0) is 5.41 Å². The fourth-order valence-corrected chi connectivity index (χ4v) is 6.00. The molecule has 1 N–H and O–H groups in total. The van der Waals surface area contributed by atoms with Crippen molar-refractivity contribution in [3.05, 3.63) is 35.8 Å². The molecule has 0 atom stereocenters. The summed E-state index contributed by atoms with van der Waals surface area (Å²) in [6.07, 6.45) is 10.5. The van der Waals surface area contributed by atoms with Crippen molar-refractivity contribution in [3.8, 4) is 0 Å². The van der Waals surface area contributed by atoms with Crippen molar-refractivity contribution in [2.75, 3.05) is 0 Å². The van der Waals surface area contributed by atoms with Gasteiger partial charge in [0.05, 0.1) is 5.52 Å². The molecule has 1 nitrogen and oxygen atoms in total. The second-order valence-corrected chi connectivity index (χ2v) is 7.56. The van der Waals surface area contributed by atoms with Crippen LogP contribution in [0.2, 0.25) is 0 Å². The van der Waals surface area contributed by atoms with Gasteiger partial charge in [-0.05, 0) is 73.3 Å².